The van der Waals surface area contributed by atoms with Gasteiger partial charge in [0.15, 0.2) is 0 Å². The quantitative estimate of drug-likeness (QED) is 0.588. The molecule has 0 aliphatic rings. The summed E-state index contributed by atoms with van der Waals surface area (Å²) in [6.45, 7) is 4.78. The van der Waals surface area contributed by atoms with E-state index in [9.17, 15) is 10.1 Å². The molecule has 1 unspecified atom stereocenters. The number of hydrogen-bond donors (Lipinski definition) is 2. The lowest BCUT2D eigenvalue weighted by atomic mass is 10.2. The van der Waals surface area contributed by atoms with Crippen molar-refractivity contribution in [3.63, 3.8) is 0 Å². The fourth-order valence-corrected chi connectivity index (χ4v) is 2.27. The molecule has 0 aliphatic carbocycles. The van der Waals surface area contributed by atoms with E-state index >= 15 is 0 Å². The second-order valence-electron chi connectivity index (χ2n) is 3.93. The zero-order valence-electron chi connectivity index (χ0n) is 10.5. The molecule has 1 aromatic rings. The van der Waals surface area contributed by atoms with Crippen molar-refractivity contribution in [3.05, 3.63) is 33.9 Å². The van der Waals surface area contributed by atoms with Crippen LogP contribution in [0.15, 0.2) is 18.2 Å². The zero-order chi connectivity index (χ0) is 13.5. The average Bonchev–Trinajstić information content (AvgIpc) is 2.37. The van der Waals surface area contributed by atoms with E-state index < -0.39 is 0 Å². The van der Waals surface area contributed by atoms with Gasteiger partial charge in [-0.2, -0.15) is 11.8 Å². The Hall–Kier alpha value is -1.27. The Morgan fingerprint density at radius 3 is 2.83 bits per heavy atom. The number of hydrogen-bond acceptors (Lipinski definition) is 5. The molecule has 0 aliphatic heterocycles. The van der Waals surface area contributed by atoms with Gasteiger partial charge in [-0.05, 0) is 18.6 Å². The van der Waals surface area contributed by atoms with Crippen molar-refractivity contribution < 1.29 is 10.0 Å². The summed E-state index contributed by atoms with van der Waals surface area (Å²) in [5.74, 6) is 0.645. The van der Waals surface area contributed by atoms with Crippen LogP contribution in [0, 0.1) is 10.1 Å². The minimum Gasteiger partial charge on any atom is -0.395 e. The van der Waals surface area contributed by atoms with Gasteiger partial charge in [-0.25, -0.2) is 0 Å². The minimum absolute atomic E-state index is 0.101. The number of benzene rings is 1. The van der Waals surface area contributed by atoms with Crippen LogP contribution < -0.4 is 5.32 Å². The van der Waals surface area contributed by atoms with E-state index in [0.717, 1.165) is 17.8 Å². The summed E-state index contributed by atoms with van der Waals surface area (Å²) in [4.78, 5) is 10.4. The zero-order valence-corrected chi connectivity index (χ0v) is 11.4. The van der Waals surface area contributed by atoms with Crippen molar-refractivity contribution in [3.8, 4) is 0 Å². The van der Waals surface area contributed by atoms with Crippen molar-refractivity contribution >= 4 is 23.1 Å². The first-order valence-corrected chi connectivity index (χ1v) is 6.87. The number of nitro groups is 1. The van der Waals surface area contributed by atoms with Crippen molar-refractivity contribution in [2.24, 2.45) is 0 Å². The maximum Gasteiger partial charge on any atom is 0.269 e. The molecular formula is C12H18N2O3S. The molecule has 0 spiro atoms. The molecule has 5 nitrogen and oxygen atoms in total. The van der Waals surface area contributed by atoms with Crippen molar-refractivity contribution in [2.45, 2.75) is 24.9 Å². The molecule has 18 heavy (non-hydrogen) atoms. The van der Waals surface area contributed by atoms with Gasteiger partial charge in [0.2, 0.25) is 0 Å². The summed E-state index contributed by atoms with van der Waals surface area (Å²) < 4.78 is 0. The number of nitrogens with zero attached hydrogens (tertiary/aromatic N) is 1. The number of rotatable bonds is 7. The Morgan fingerprint density at radius 2 is 2.28 bits per heavy atom. The van der Waals surface area contributed by atoms with Gasteiger partial charge in [-0.1, -0.05) is 6.92 Å². The highest BCUT2D eigenvalue weighted by Gasteiger charge is 2.11. The van der Waals surface area contributed by atoms with Crippen LogP contribution in [0.25, 0.3) is 0 Å². The molecule has 1 aromatic carbocycles. The maximum absolute atomic E-state index is 10.8. The van der Waals surface area contributed by atoms with Crippen LogP contribution in [0.4, 0.5) is 11.4 Å². The maximum atomic E-state index is 10.8. The van der Waals surface area contributed by atoms with Gasteiger partial charge in [-0.3, -0.25) is 10.1 Å². The van der Waals surface area contributed by atoms with Gasteiger partial charge in [0, 0.05) is 35.4 Å². The number of aliphatic hydroxyl groups excluding tert-OH is 1. The van der Waals surface area contributed by atoms with Crippen LogP contribution in [-0.4, -0.2) is 28.4 Å². The molecule has 1 rings (SSSR count). The number of anilines is 1. The van der Waals surface area contributed by atoms with Crippen molar-refractivity contribution in [1.82, 2.24) is 0 Å². The SMILES string of the molecule is CCNc1ccc([N+](=O)[O-])cc1CSC(C)CO. The Labute approximate surface area is 111 Å². The molecule has 6 heteroatoms. The molecule has 0 heterocycles. The Bertz CT molecular complexity index is 412. The smallest absolute Gasteiger partial charge is 0.269 e. The number of nitro benzene ring substituents is 1. The van der Waals surface area contributed by atoms with E-state index in [4.69, 9.17) is 5.11 Å². The van der Waals surface area contributed by atoms with Gasteiger partial charge >= 0.3 is 0 Å². The monoisotopic (exact) mass is 270 g/mol. The van der Waals surface area contributed by atoms with Gasteiger partial charge < -0.3 is 10.4 Å². The third-order valence-electron chi connectivity index (χ3n) is 2.45. The van der Waals surface area contributed by atoms with Crippen LogP contribution in [0.3, 0.4) is 0 Å². The Balaban J connectivity index is 2.88. The molecule has 0 fully saturated rings. The highest BCUT2D eigenvalue weighted by Crippen LogP contribution is 2.27. The van der Waals surface area contributed by atoms with Crippen LogP contribution in [0.5, 0.6) is 0 Å². The molecule has 0 amide bonds. The molecule has 0 aromatic heterocycles. The highest BCUT2D eigenvalue weighted by molar-refractivity contribution is 7.99. The predicted octanol–water partition coefficient (Wildman–Crippen LogP) is 2.64. The number of thioether (sulfide) groups is 1. The number of non-ortho nitro benzene ring substituents is 1. The topological polar surface area (TPSA) is 75.4 Å². The lowest BCUT2D eigenvalue weighted by molar-refractivity contribution is -0.384. The molecule has 0 radical (unpaired) electrons. The van der Waals surface area contributed by atoms with Crippen LogP contribution in [-0.2, 0) is 5.75 Å². The fourth-order valence-electron chi connectivity index (χ4n) is 1.46. The van der Waals surface area contributed by atoms with E-state index in [1.165, 1.54) is 6.07 Å². The van der Waals surface area contributed by atoms with Crippen molar-refractivity contribution in [1.29, 1.82) is 0 Å². The second kappa shape index (κ2) is 7.23. The van der Waals surface area contributed by atoms with Crippen LogP contribution in [0.2, 0.25) is 0 Å². The molecule has 0 saturated heterocycles. The number of aliphatic hydroxyl groups is 1. The normalized spacial score (nSPS) is 12.2. The summed E-state index contributed by atoms with van der Waals surface area (Å²) in [6.07, 6.45) is 0. The van der Waals surface area contributed by atoms with E-state index in [1.54, 1.807) is 23.9 Å². The number of nitrogens with one attached hydrogen (secondary N) is 1. The predicted molar refractivity (Wildman–Crippen MR) is 75.1 cm³/mol. The molecule has 100 valence electrons. The van der Waals surface area contributed by atoms with Gasteiger partial charge in [0.1, 0.15) is 0 Å². The largest absolute Gasteiger partial charge is 0.395 e. The van der Waals surface area contributed by atoms with Crippen LogP contribution in [0.1, 0.15) is 19.4 Å². The van der Waals surface area contributed by atoms with Gasteiger partial charge in [-0.15, -0.1) is 0 Å². The third kappa shape index (κ3) is 4.19. The summed E-state index contributed by atoms with van der Waals surface area (Å²) >= 11 is 1.58. The summed E-state index contributed by atoms with van der Waals surface area (Å²) in [5, 5.41) is 23.0. The molecule has 0 saturated carbocycles. The van der Waals surface area contributed by atoms with E-state index in [1.807, 2.05) is 13.8 Å². The summed E-state index contributed by atoms with van der Waals surface area (Å²) in [6, 6.07) is 4.83. The first-order valence-electron chi connectivity index (χ1n) is 5.82. The van der Waals surface area contributed by atoms with E-state index in [-0.39, 0.29) is 22.5 Å². The fraction of sp³-hybridized carbons (Fsp3) is 0.500. The lowest BCUT2D eigenvalue weighted by Gasteiger charge is -2.12. The Kier molecular flexibility index (Phi) is 5.94. The van der Waals surface area contributed by atoms with Gasteiger partial charge in [0.05, 0.1) is 11.5 Å². The molecule has 2 N–H and O–H groups in total. The van der Waals surface area contributed by atoms with E-state index in [0.29, 0.717) is 5.75 Å². The average molecular weight is 270 g/mol. The standard InChI is InChI=1S/C12H18N2O3S/c1-3-13-12-5-4-11(14(16)17)6-10(12)8-18-9(2)7-15/h4-6,9,13,15H,3,7-8H2,1-2H3. The first kappa shape index (κ1) is 14.8. The molecule has 1 atom stereocenters. The Morgan fingerprint density at radius 1 is 1.56 bits per heavy atom. The molecule has 0 bridgehead atoms. The van der Waals surface area contributed by atoms with Crippen LogP contribution >= 0.6 is 11.8 Å². The summed E-state index contributed by atoms with van der Waals surface area (Å²) in [5.41, 5.74) is 1.92. The summed E-state index contributed by atoms with van der Waals surface area (Å²) in [7, 11) is 0. The highest BCUT2D eigenvalue weighted by atomic mass is 32.2. The second-order valence-corrected chi connectivity index (χ2v) is 5.36. The molecular weight excluding hydrogens is 252 g/mol. The van der Waals surface area contributed by atoms with E-state index in [2.05, 4.69) is 5.32 Å². The third-order valence-corrected chi connectivity index (χ3v) is 3.64. The van der Waals surface area contributed by atoms with Crippen molar-refractivity contribution in [2.75, 3.05) is 18.5 Å². The van der Waals surface area contributed by atoms with Gasteiger partial charge in [0.25, 0.3) is 5.69 Å². The lowest BCUT2D eigenvalue weighted by Crippen LogP contribution is -2.05. The minimum atomic E-state index is -0.390. The first-order chi connectivity index (χ1) is 8.58.